The van der Waals surface area contributed by atoms with E-state index >= 15 is 0 Å². The van der Waals surface area contributed by atoms with E-state index in [9.17, 15) is 9.59 Å². The van der Waals surface area contributed by atoms with Crippen molar-refractivity contribution in [2.45, 2.75) is 69.4 Å². The van der Waals surface area contributed by atoms with Gasteiger partial charge in [-0.05, 0) is 69.7 Å². The van der Waals surface area contributed by atoms with E-state index in [1.54, 1.807) is 13.2 Å². The predicted molar refractivity (Wildman–Crippen MR) is 148 cm³/mol. The molecule has 0 bridgehead atoms. The van der Waals surface area contributed by atoms with Crippen LogP contribution in [-0.4, -0.2) is 77.4 Å². The van der Waals surface area contributed by atoms with Gasteiger partial charge in [0, 0.05) is 24.7 Å². The molecule has 2 heterocycles. The van der Waals surface area contributed by atoms with E-state index in [1.165, 1.54) is 24.8 Å². The number of carbonyl (C=O) groups is 2. The first kappa shape index (κ1) is 26.7. The van der Waals surface area contributed by atoms with Gasteiger partial charge in [0.05, 0.1) is 31.3 Å². The van der Waals surface area contributed by atoms with Crippen molar-refractivity contribution >= 4 is 11.8 Å². The van der Waals surface area contributed by atoms with Gasteiger partial charge >= 0.3 is 6.03 Å². The van der Waals surface area contributed by atoms with Crippen molar-refractivity contribution < 1.29 is 14.3 Å². The zero-order chi connectivity index (χ0) is 26.8. The van der Waals surface area contributed by atoms with Crippen molar-refractivity contribution in [1.29, 1.82) is 0 Å². The Labute approximate surface area is 227 Å². The molecule has 7 heteroatoms. The summed E-state index contributed by atoms with van der Waals surface area (Å²) in [6, 6.07) is 16.4. The van der Waals surface area contributed by atoms with Crippen molar-refractivity contribution in [2.24, 2.45) is 5.92 Å². The summed E-state index contributed by atoms with van der Waals surface area (Å²) in [4.78, 5) is 37.8. The van der Waals surface area contributed by atoms with Gasteiger partial charge in [0.15, 0.2) is 5.78 Å². The average Bonchev–Trinajstić information content (AvgIpc) is 3.16. The van der Waals surface area contributed by atoms with Crippen LogP contribution in [0.2, 0.25) is 0 Å². The lowest BCUT2D eigenvalue weighted by Gasteiger charge is -2.52. The number of benzene rings is 1. The summed E-state index contributed by atoms with van der Waals surface area (Å²) in [7, 11) is 3.80. The van der Waals surface area contributed by atoms with E-state index in [2.05, 4.69) is 59.1 Å². The number of methoxy groups -OCH3 is 1. The molecule has 1 spiro atoms. The summed E-state index contributed by atoms with van der Waals surface area (Å²) in [6.07, 6.45) is 7.78. The smallest absolute Gasteiger partial charge is 0.321 e. The van der Waals surface area contributed by atoms with Gasteiger partial charge in [-0.3, -0.25) is 9.69 Å². The third-order valence-corrected chi connectivity index (χ3v) is 9.48. The predicted octanol–water partition coefficient (Wildman–Crippen LogP) is 4.90. The lowest BCUT2D eigenvalue weighted by atomic mass is 9.68. The molecule has 38 heavy (non-hydrogen) atoms. The van der Waals surface area contributed by atoms with Crippen molar-refractivity contribution in [3.05, 3.63) is 59.8 Å². The molecule has 2 amide bonds. The number of carbonyl (C=O) groups excluding carboxylic acids is 2. The largest absolute Gasteiger partial charge is 0.481 e. The van der Waals surface area contributed by atoms with Crippen LogP contribution in [0.3, 0.4) is 0 Å². The highest BCUT2D eigenvalue weighted by molar-refractivity contribution is 5.88. The molecule has 1 aromatic carbocycles. The lowest BCUT2D eigenvalue weighted by molar-refractivity contribution is -0.119. The molecule has 0 radical (unpaired) electrons. The Hall–Kier alpha value is -2.93. The number of rotatable bonds is 10. The van der Waals surface area contributed by atoms with Crippen molar-refractivity contribution in [3.8, 4) is 5.88 Å². The molecular weight excluding hydrogens is 476 g/mol. The van der Waals surface area contributed by atoms with Crippen LogP contribution in [0.4, 0.5) is 4.79 Å². The maximum atomic E-state index is 13.8. The lowest BCUT2D eigenvalue weighted by Crippen LogP contribution is -2.57. The van der Waals surface area contributed by atoms with Gasteiger partial charge in [0.25, 0.3) is 0 Å². The van der Waals surface area contributed by atoms with E-state index < -0.39 is 0 Å². The summed E-state index contributed by atoms with van der Waals surface area (Å²) >= 11 is 0. The minimum atomic E-state index is -0.200. The van der Waals surface area contributed by atoms with E-state index in [0.29, 0.717) is 24.0 Å². The van der Waals surface area contributed by atoms with Crippen LogP contribution in [0.15, 0.2) is 48.5 Å². The Balaban J connectivity index is 1.34. The van der Waals surface area contributed by atoms with Gasteiger partial charge in [-0.1, -0.05) is 49.7 Å². The van der Waals surface area contributed by atoms with Gasteiger partial charge in [-0.2, -0.15) is 0 Å². The highest BCUT2D eigenvalue weighted by atomic mass is 16.5. The molecule has 0 atom stereocenters. The molecule has 2 aromatic rings. The fourth-order valence-corrected chi connectivity index (χ4v) is 6.85. The fraction of sp³-hybridized carbons (Fsp3) is 0.581. The van der Waals surface area contributed by atoms with Crippen LogP contribution in [0.25, 0.3) is 0 Å². The number of hydrogen-bond donors (Lipinski definition) is 0. The van der Waals surface area contributed by atoms with Crippen LogP contribution < -0.4 is 4.74 Å². The zero-order valence-electron chi connectivity index (χ0n) is 23.2. The third kappa shape index (κ3) is 5.05. The van der Waals surface area contributed by atoms with Gasteiger partial charge in [-0.15, -0.1) is 0 Å². The molecule has 0 N–H and O–H groups in total. The summed E-state index contributed by atoms with van der Waals surface area (Å²) < 4.78 is 5.21. The Morgan fingerprint density at radius 2 is 1.82 bits per heavy atom. The van der Waals surface area contributed by atoms with Gasteiger partial charge < -0.3 is 14.5 Å². The van der Waals surface area contributed by atoms with Crippen LogP contribution in [0.5, 0.6) is 5.88 Å². The standard InChI is InChI=1S/C31H42N4O3/c1-4-33(2)31(25-12-6-5-7-13-25)18-16-30(17-19-31)23-34(29(37)35(30)21-24-10-8-11-24)22-27(36)20-26-14-9-15-28(32-26)38-3/h5-7,9,12-15,24H,4,8,10-11,16-23H2,1-3H3. The second-order valence-corrected chi connectivity index (χ2v) is 11.6. The maximum absolute atomic E-state index is 13.8. The quantitative estimate of drug-likeness (QED) is 0.448. The number of ketones is 1. The van der Waals surface area contributed by atoms with Crippen molar-refractivity contribution in [2.75, 3.05) is 40.3 Å². The average molecular weight is 519 g/mol. The van der Waals surface area contributed by atoms with Crippen LogP contribution >= 0.6 is 0 Å². The highest BCUT2D eigenvalue weighted by Crippen LogP contribution is 2.50. The number of amides is 2. The minimum Gasteiger partial charge on any atom is -0.481 e. The third-order valence-electron chi connectivity index (χ3n) is 9.48. The van der Waals surface area contributed by atoms with E-state index in [-0.39, 0.29) is 35.9 Å². The molecule has 2 aliphatic carbocycles. The molecule has 5 rings (SSSR count). The number of pyridine rings is 1. The Kier molecular flexibility index (Phi) is 7.75. The van der Waals surface area contributed by atoms with Gasteiger partial charge in [0.2, 0.25) is 5.88 Å². The molecule has 3 aliphatic rings. The minimum absolute atomic E-state index is 0.0138. The number of urea groups is 1. The molecule has 3 fully saturated rings. The normalized spacial score (nSPS) is 25.7. The van der Waals surface area contributed by atoms with Crippen LogP contribution in [-0.2, 0) is 16.8 Å². The molecule has 1 aromatic heterocycles. The van der Waals surface area contributed by atoms with E-state index in [0.717, 1.165) is 38.8 Å². The SMILES string of the molecule is CCN(C)C1(c2ccccc2)CCC2(CC1)CN(CC(=O)Cc1cccc(OC)n1)C(=O)N2CC1CCC1. The number of Topliss-reactive ketones (excluding diaryl/α,β-unsaturated/α-hetero) is 1. The molecule has 204 valence electrons. The number of aromatic nitrogens is 1. The molecule has 0 unspecified atom stereocenters. The Morgan fingerprint density at radius 3 is 2.45 bits per heavy atom. The molecule has 1 aliphatic heterocycles. The maximum Gasteiger partial charge on any atom is 0.321 e. The monoisotopic (exact) mass is 518 g/mol. The number of ether oxygens (including phenoxy) is 1. The second kappa shape index (κ2) is 11.0. The number of nitrogens with zero attached hydrogens (tertiary/aromatic N) is 4. The summed E-state index contributed by atoms with van der Waals surface area (Å²) in [5, 5.41) is 0. The summed E-state index contributed by atoms with van der Waals surface area (Å²) in [6.45, 7) is 4.80. The number of hydrogen-bond acceptors (Lipinski definition) is 5. The zero-order valence-corrected chi connectivity index (χ0v) is 23.2. The first-order valence-electron chi connectivity index (χ1n) is 14.2. The van der Waals surface area contributed by atoms with Gasteiger partial charge in [-0.25, -0.2) is 9.78 Å². The van der Waals surface area contributed by atoms with Crippen molar-refractivity contribution in [1.82, 2.24) is 19.7 Å². The summed E-state index contributed by atoms with van der Waals surface area (Å²) in [5.41, 5.74) is 1.82. The van der Waals surface area contributed by atoms with Gasteiger partial charge in [0.1, 0.15) is 0 Å². The highest BCUT2D eigenvalue weighted by Gasteiger charge is 2.55. The molecule has 1 saturated heterocycles. The first-order chi connectivity index (χ1) is 18.4. The first-order valence-corrected chi connectivity index (χ1v) is 14.2. The van der Waals surface area contributed by atoms with Crippen molar-refractivity contribution in [3.63, 3.8) is 0 Å². The fourth-order valence-electron chi connectivity index (χ4n) is 6.85. The van der Waals surface area contributed by atoms with Crippen LogP contribution in [0, 0.1) is 5.92 Å². The Morgan fingerprint density at radius 1 is 1.08 bits per heavy atom. The molecule has 2 saturated carbocycles. The second-order valence-electron chi connectivity index (χ2n) is 11.6. The molecular formula is C31H42N4O3. The summed E-state index contributed by atoms with van der Waals surface area (Å²) in [5.74, 6) is 1.10. The van der Waals surface area contributed by atoms with E-state index in [4.69, 9.17) is 4.74 Å². The Bertz CT molecular complexity index is 1120. The van der Waals surface area contributed by atoms with E-state index in [1.807, 2.05) is 17.0 Å². The van der Waals surface area contributed by atoms with Crippen LogP contribution in [0.1, 0.15) is 63.1 Å². The topological polar surface area (TPSA) is 66.0 Å². The molecule has 7 nitrogen and oxygen atoms in total.